The highest BCUT2D eigenvalue weighted by Gasteiger charge is 2.23. The molecular formula is C10H14ClN3O. The summed E-state index contributed by atoms with van der Waals surface area (Å²) in [5.41, 5.74) is 6.44. The van der Waals surface area contributed by atoms with E-state index in [9.17, 15) is 0 Å². The van der Waals surface area contributed by atoms with E-state index in [0.717, 1.165) is 25.3 Å². The molecule has 1 saturated heterocycles. The number of aromatic nitrogens is 1. The molecule has 82 valence electrons. The number of aliphatic hydroxyl groups excluding tert-OH is 1. The number of nitrogens with zero attached hydrogens (tertiary/aromatic N) is 2. The lowest BCUT2D eigenvalue weighted by Gasteiger charge is -2.18. The number of pyridine rings is 1. The summed E-state index contributed by atoms with van der Waals surface area (Å²) in [4.78, 5) is 6.31. The van der Waals surface area contributed by atoms with Crippen LogP contribution in [0.2, 0.25) is 5.02 Å². The van der Waals surface area contributed by atoms with Crippen LogP contribution in [-0.2, 0) is 0 Å². The van der Waals surface area contributed by atoms with Gasteiger partial charge in [0.05, 0.1) is 10.7 Å². The molecule has 1 aliphatic rings. The normalized spacial score (nSPS) is 20.9. The zero-order valence-electron chi connectivity index (χ0n) is 8.36. The molecule has 0 aromatic carbocycles. The topological polar surface area (TPSA) is 62.4 Å². The number of nitrogens with two attached hydrogens (primary N) is 1. The van der Waals surface area contributed by atoms with Crippen LogP contribution in [0.15, 0.2) is 12.3 Å². The van der Waals surface area contributed by atoms with Gasteiger partial charge < -0.3 is 15.7 Å². The fraction of sp³-hybridized carbons (Fsp3) is 0.500. The minimum absolute atomic E-state index is 0.226. The summed E-state index contributed by atoms with van der Waals surface area (Å²) >= 11 is 5.78. The lowest BCUT2D eigenvalue weighted by molar-refractivity contribution is 0.238. The Morgan fingerprint density at radius 1 is 1.67 bits per heavy atom. The molecule has 15 heavy (non-hydrogen) atoms. The standard InChI is InChI=1S/C10H14ClN3O/c11-8-3-9(12)10(13-4-8)14-2-1-7(5-14)6-15/h3-4,7,15H,1-2,5-6,12H2. The molecule has 1 aliphatic heterocycles. The summed E-state index contributed by atoms with van der Waals surface area (Å²) in [5, 5.41) is 9.59. The first-order valence-corrected chi connectivity index (χ1v) is 5.35. The predicted octanol–water partition coefficient (Wildman–Crippen LogP) is 1.14. The third kappa shape index (κ3) is 2.16. The first kappa shape index (κ1) is 10.5. The van der Waals surface area contributed by atoms with Crippen LogP contribution in [0.1, 0.15) is 6.42 Å². The van der Waals surface area contributed by atoms with Crippen molar-refractivity contribution in [2.24, 2.45) is 5.92 Å². The number of hydrogen-bond donors (Lipinski definition) is 2. The van der Waals surface area contributed by atoms with Gasteiger partial charge in [0.15, 0.2) is 5.82 Å². The highest BCUT2D eigenvalue weighted by Crippen LogP contribution is 2.28. The second-order valence-electron chi connectivity index (χ2n) is 3.85. The van der Waals surface area contributed by atoms with E-state index >= 15 is 0 Å². The van der Waals surface area contributed by atoms with Gasteiger partial charge in [-0.1, -0.05) is 11.6 Å². The molecular weight excluding hydrogens is 214 g/mol. The van der Waals surface area contributed by atoms with E-state index in [0.29, 0.717) is 16.6 Å². The van der Waals surface area contributed by atoms with Gasteiger partial charge in [-0.3, -0.25) is 0 Å². The van der Waals surface area contributed by atoms with Crippen molar-refractivity contribution in [2.75, 3.05) is 30.3 Å². The predicted molar refractivity (Wildman–Crippen MR) is 61.1 cm³/mol. The average Bonchev–Trinajstić information content (AvgIpc) is 2.66. The molecule has 1 aromatic heterocycles. The first-order chi connectivity index (χ1) is 7.20. The maximum absolute atomic E-state index is 9.04. The molecule has 0 radical (unpaired) electrons. The van der Waals surface area contributed by atoms with Crippen molar-refractivity contribution in [1.82, 2.24) is 4.98 Å². The molecule has 1 unspecified atom stereocenters. The summed E-state index contributed by atoms with van der Waals surface area (Å²) in [6.45, 7) is 1.93. The van der Waals surface area contributed by atoms with Crippen LogP contribution in [0.5, 0.6) is 0 Å². The molecule has 5 heteroatoms. The Kier molecular flexibility index (Phi) is 2.98. The Morgan fingerprint density at radius 3 is 3.07 bits per heavy atom. The minimum Gasteiger partial charge on any atom is -0.396 e. The number of halogens is 1. The Bertz CT molecular complexity index is 359. The molecule has 1 atom stereocenters. The molecule has 0 saturated carbocycles. The maximum atomic E-state index is 9.04. The Labute approximate surface area is 93.7 Å². The molecule has 3 N–H and O–H groups in total. The second kappa shape index (κ2) is 4.24. The van der Waals surface area contributed by atoms with Gasteiger partial charge >= 0.3 is 0 Å². The van der Waals surface area contributed by atoms with Gasteiger partial charge in [-0.05, 0) is 12.5 Å². The van der Waals surface area contributed by atoms with E-state index in [2.05, 4.69) is 9.88 Å². The fourth-order valence-corrected chi connectivity index (χ4v) is 2.05. The van der Waals surface area contributed by atoms with Gasteiger partial charge in [0, 0.05) is 31.8 Å². The van der Waals surface area contributed by atoms with E-state index < -0.39 is 0 Å². The lowest BCUT2D eigenvalue weighted by atomic mass is 10.1. The summed E-state index contributed by atoms with van der Waals surface area (Å²) < 4.78 is 0. The highest BCUT2D eigenvalue weighted by molar-refractivity contribution is 6.30. The number of aliphatic hydroxyl groups is 1. The van der Waals surface area contributed by atoms with Gasteiger partial charge in [0.25, 0.3) is 0 Å². The van der Waals surface area contributed by atoms with Crippen LogP contribution in [0.4, 0.5) is 11.5 Å². The van der Waals surface area contributed by atoms with E-state index in [1.165, 1.54) is 0 Å². The number of hydrogen-bond acceptors (Lipinski definition) is 4. The molecule has 0 aliphatic carbocycles. The van der Waals surface area contributed by atoms with Gasteiger partial charge in [-0.2, -0.15) is 0 Å². The van der Waals surface area contributed by atoms with Crippen molar-refractivity contribution in [2.45, 2.75) is 6.42 Å². The summed E-state index contributed by atoms with van der Waals surface area (Å²) in [7, 11) is 0. The summed E-state index contributed by atoms with van der Waals surface area (Å²) in [5.74, 6) is 1.11. The van der Waals surface area contributed by atoms with Crippen LogP contribution in [0, 0.1) is 5.92 Å². The Morgan fingerprint density at radius 2 is 2.47 bits per heavy atom. The van der Waals surface area contributed by atoms with Crippen molar-refractivity contribution >= 4 is 23.1 Å². The largest absolute Gasteiger partial charge is 0.396 e. The van der Waals surface area contributed by atoms with Crippen molar-refractivity contribution in [3.8, 4) is 0 Å². The number of rotatable bonds is 2. The monoisotopic (exact) mass is 227 g/mol. The van der Waals surface area contributed by atoms with Crippen molar-refractivity contribution in [3.05, 3.63) is 17.3 Å². The number of nitrogen functional groups attached to an aromatic ring is 1. The molecule has 2 rings (SSSR count). The van der Waals surface area contributed by atoms with Gasteiger partial charge in [0.1, 0.15) is 0 Å². The second-order valence-corrected chi connectivity index (χ2v) is 4.29. The summed E-state index contributed by atoms with van der Waals surface area (Å²) in [6.07, 6.45) is 2.58. The number of anilines is 2. The van der Waals surface area contributed by atoms with Crippen molar-refractivity contribution in [3.63, 3.8) is 0 Å². The zero-order chi connectivity index (χ0) is 10.8. The van der Waals surface area contributed by atoms with Crippen LogP contribution >= 0.6 is 11.6 Å². The Hall–Kier alpha value is -1.00. The SMILES string of the molecule is Nc1cc(Cl)cnc1N1CCC(CO)C1. The van der Waals surface area contributed by atoms with Crippen LogP contribution in [-0.4, -0.2) is 29.8 Å². The summed E-state index contributed by atoms with van der Waals surface area (Å²) in [6, 6.07) is 1.70. The highest BCUT2D eigenvalue weighted by atomic mass is 35.5. The fourth-order valence-electron chi connectivity index (χ4n) is 1.89. The van der Waals surface area contributed by atoms with Gasteiger partial charge in [-0.15, -0.1) is 0 Å². The van der Waals surface area contributed by atoms with Crippen molar-refractivity contribution in [1.29, 1.82) is 0 Å². The molecule has 0 spiro atoms. The minimum atomic E-state index is 0.226. The van der Waals surface area contributed by atoms with E-state index in [1.807, 2.05) is 0 Å². The lowest BCUT2D eigenvalue weighted by Crippen LogP contribution is -2.22. The van der Waals surface area contributed by atoms with E-state index in [-0.39, 0.29) is 6.61 Å². The molecule has 0 bridgehead atoms. The Balaban J connectivity index is 2.17. The first-order valence-electron chi connectivity index (χ1n) is 4.97. The van der Waals surface area contributed by atoms with Gasteiger partial charge in [0.2, 0.25) is 0 Å². The van der Waals surface area contributed by atoms with Crippen LogP contribution in [0.3, 0.4) is 0 Å². The van der Waals surface area contributed by atoms with Crippen molar-refractivity contribution < 1.29 is 5.11 Å². The van der Waals surface area contributed by atoms with E-state index in [4.69, 9.17) is 22.4 Å². The molecule has 0 amide bonds. The van der Waals surface area contributed by atoms with Gasteiger partial charge in [-0.25, -0.2) is 4.98 Å². The van der Waals surface area contributed by atoms with Crippen LogP contribution in [0.25, 0.3) is 0 Å². The van der Waals surface area contributed by atoms with Crippen LogP contribution < -0.4 is 10.6 Å². The third-order valence-corrected chi connectivity index (χ3v) is 2.91. The molecule has 1 aromatic rings. The average molecular weight is 228 g/mol. The quantitative estimate of drug-likeness (QED) is 0.795. The van der Waals surface area contributed by atoms with E-state index in [1.54, 1.807) is 12.3 Å². The zero-order valence-corrected chi connectivity index (χ0v) is 9.11. The maximum Gasteiger partial charge on any atom is 0.151 e. The molecule has 4 nitrogen and oxygen atoms in total. The molecule has 1 fully saturated rings. The molecule has 2 heterocycles. The smallest absolute Gasteiger partial charge is 0.151 e. The third-order valence-electron chi connectivity index (χ3n) is 2.71.